The molecule has 0 saturated heterocycles. The maximum absolute atomic E-state index is 12.0. The fraction of sp³-hybridized carbons (Fsp3) is 0.600. The molecule has 0 saturated carbocycles. The molecule has 0 N–H and O–H groups in total. The van der Waals surface area contributed by atoms with Crippen LogP contribution >= 0.6 is 15.9 Å². The van der Waals surface area contributed by atoms with Crippen molar-refractivity contribution in [3.8, 4) is 0 Å². The van der Waals surface area contributed by atoms with Crippen molar-refractivity contribution in [2.75, 3.05) is 13.6 Å². The van der Waals surface area contributed by atoms with Crippen LogP contribution < -0.4 is 0 Å². The molecule has 1 aromatic rings. The minimum Gasteiger partial charge on any atom is -0.340 e. The van der Waals surface area contributed by atoms with Crippen LogP contribution in [-0.2, 0) is 7.05 Å². The fourth-order valence-corrected chi connectivity index (χ4v) is 1.91. The topological polar surface area (TPSA) is 38.1 Å². The van der Waals surface area contributed by atoms with Crippen molar-refractivity contribution < 1.29 is 4.79 Å². The van der Waals surface area contributed by atoms with E-state index in [-0.39, 0.29) is 5.91 Å². The molecule has 0 radical (unpaired) electrons. The van der Waals surface area contributed by atoms with Gasteiger partial charge >= 0.3 is 0 Å². The first-order valence-corrected chi connectivity index (χ1v) is 5.73. The van der Waals surface area contributed by atoms with Crippen LogP contribution in [0.25, 0.3) is 0 Å². The van der Waals surface area contributed by atoms with Crippen molar-refractivity contribution >= 4 is 21.8 Å². The zero-order valence-electron chi connectivity index (χ0n) is 9.49. The Kier molecular flexibility index (Phi) is 3.90. The smallest absolute Gasteiger partial charge is 0.257 e. The van der Waals surface area contributed by atoms with Crippen LogP contribution in [0.2, 0.25) is 0 Å². The molecule has 0 bridgehead atoms. The van der Waals surface area contributed by atoms with Crippen LogP contribution in [0.4, 0.5) is 0 Å². The second-order valence-electron chi connectivity index (χ2n) is 3.77. The predicted octanol–water partition coefficient (Wildman–Crippen LogP) is 1.58. The third-order valence-electron chi connectivity index (χ3n) is 2.12. The standard InChI is InChI=1S/C10H16BrN3O/c1-7(11)5-13(3)10(15)9-6-14(4)12-8(9)2/h6-7H,5H2,1-4H3. The van der Waals surface area contributed by atoms with Gasteiger partial charge in [-0.15, -0.1) is 0 Å². The van der Waals surface area contributed by atoms with Crippen molar-refractivity contribution in [2.24, 2.45) is 7.05 Å². The van der Waals surface area contributed by atoms with Crippen molar-refractivity contribution in [1.82, 2.24) is 14.7 Å². The lowest BCUT2D eigenvalue weighted by atomic mass is 10.2. The van der Waals surface area contributed by atoms with E-state index in [2.05, 4.69) is 21.0 Å². The van der Waals surface area contributed by atoms with E-state index >= 15 is 0 Å². The quantitative estimate of drug-likeness (QED) is 0.785. The summed E-state index contributed by atoms with van der Waals surface area (Å²) >= 11 is 3.42. The van der Waals surface area contributed by atoms with Crippen LogP contribution in [0, 0.1) is 6.92 Å². The zero-order chi connectivity index (χ0) is 11.6. The normalized spacial score (nSPS) is 12.6. The van der Waals surface area contributed by atoms with Crippen LogP contribution in [0.1, 0.15) is 23.0 Å². The number of carbonyl (C=O) groups is 1. The van der Waals surface area contributed by atoms with Crippen LogP contribution in [-0.4, -0.2) is 39.0 Å². The summed E-state index contributed by atoms with van der Waals surface area (Å²) in [6, 6.07) is 0. The number of hydrogen-bond donors (Lipinski definition) is 0. The van der Waals surface area contributed by atoms with E-state index in [0.29, 0.717) is 16.9 Å². The summed E-state index contributed by atoms with van der Waals surface area (Å²) in [4.78, 5) is 14.0. The summed E-state index contributed by atoms with van der Waals surface area (Å²) in [5.41, 5.74) is 1.45. The summed E-state index contributed by atoms with van der Waals surface area (Å²) in [6.07, 6.45) is 1.76. The second kappa shape index (κ2) is 4.79. The highest BCUT2D eigenvalue weighted by Gasteiger charge is 2.17. The summed E-state index contributed by atoms with van der Waals surface area (Å²) in [7, 11) is 3.61. The first kappa shape index (κ1) is 12.2. The molecule has 4 nitrogen and oxygen atoms in total. The van der Waals surface area contributed by atoms with Gasteiger partial charge in [-0.3, -0.25) is 9.48 Å². The molecular formula is C10H16BrN3O. The molecular weight excluding hydrogens is 258 g/mol. The number of carbonyl (C=O) groups excluding carboxylic acids is 1. The van der Waals surface area contributed by atoms with Gasteiger partial charge in [-0.1, -0.05) is 22.9 Å². The van der Waals surface area contributed by atoms with Gasteiger partial charge in [0.1, 0.15) is 0 Å². The van der Waals surface area contributed by atoms with Gasteiger partial charge in [0.05, 0.1) is 11.3 Å². The number of aromatic nitrogens is 2. The fourth-order valence-electron chi connectivity index (χ4n) is 1.48. The molecule has 1 rings (SSSR count). The Bertz CT molecular complexity index is 360. The van der Waals surface area contributed by atoms with Crippen molar-refractivity contribution in [3.63, 3.8) is 0 Å². The molecule has 0 aliphatic carbocycles. The highest BCUT2D eigenvalue weighted by atomic mass is 79.9. The number of hydrogen-bond acceptors (Lipinski definition) is 2. The Morgan fingerprint density at radius 3 is 2.73 bits per heavy atom. The van der Waals surface area contributed by atoms with Crippen LogP contribution in [0.5, 0.6) is 0 Å². The van der Waals surface area contributed by atoms with Gasteiger partial charge in [-0.05, 0) is 6.92 Å². The van der Waals surface area contributed by atoms with Crippen molar-refractivity contribution in [2.45, 2.75) is 18.7 Å². The van der Waals surface area contributed by atoms with Crippen LogP contribution in [0.15, 0.2) is 6.20 Å². The van der Waals surface area contributed by atoms with E-state index in [1.807, 2.05) is 20.9 Å². The van der Waals surface area contributed by atoms with Crippen molar-refractivity contribution in [1.29, 1.82) is 0 Å². The Balaban J connectivity index is 2.80. The minimum absolute atomic E-state index is 0.0203. The van der Waals surface area contributed by atoms with E-state index in [1.54, 1.807) is 22.8 Å². The first-order valence-electron chi connectivity index (χ1n) is 4.81. The number of nitrogens with zero attached hydrogens (tertiary/aromatic N) is 3. The Morgan fingerprint density at radius 2 is 2.33 bits per heavy atom. The lowest BCUT2D eigenvalue weighted by Crippen LogP contribution is -2.31. The molecule has 1 unspecified atom stereocenters. The number of alkyl halides is 1. The van der Waals surface area contributed by atoms with Crippen molar-refractivity contribution in [3.05, 3.63) is 17.5 Å². The largest absolute Gasteiger partial charge is 0.340 e. The molecule has 15 heavy (non-hydrogen) atoms. The lowest BCUT2D eigenvalue weighted by Gasteiger charge is -2.17. The SMILES string of the molecule is Cc1nn(C)cc1C(=O)N(C)CC(C)Br. The molecule has 0 fully saturated rings. The van der Waals surface area contributed by atoms with Gasteiger partial charge in [0.15, 0.2) is 0 Å². The van der Waals surface area contributed by atoms with E-state index in [0.717, 1.165) is 5.69 Å². The maximum atomic E-state index is 12.0. The van der Waals surface area contributed by atoms with Gasteiger partial charge in [0.2, 0.25) is 0 Å². The average molecular weight is 274 g/mol. The molecule has 0 aliphatic rings. The summed E-state index contributed by atoms with van der Waals surface area (Å²) in [6.45, 7) is 4.55. The second-order valence-corrected chi connectivity index (χ2v) is 5.33. The highest BCUT2D eigenvalue weighted by molar-refractivity contribution is 9.09. The summed E-state index contributed by atoms with van der Waals surface area (Å²) in [5, 5.41) is 4.15. The van der Waals surface area contributed by atoms with E-state index < -0.39 is 0 Å². The summed E-state index contributed by atoms with van der Waals surface area (Å²) < 4.78 is 1.66. The van der Waals surface area contributed by atoms with Gasteiger partial charge in [0, 0.05) is 31.7 Å². The number of aryl methyl sites for hydroxylation is 2. The highest BCUT2D eigenvalue weighted by Crippen LogP contribution is 2.09. The Labute approximate surface area is 98.4 Å². The van der Waals surface area contributed by atoms with E-state index in [9.17, 15) is 4.79 Å². The maximum Gasteiger partial charge on any atom is 0.257 e. The van der Waals surface area contributed by atoms with Gasteiger partial charge in [0.25, 0.3) is 5.91 Å². The van der Waals surface area contributed by atoms with Gasteiger partial charge < -0.3 is 4.90 Å². The molecule has 1 atom stereocenters. The number of rotatable bonds is 3. The minimum atomic E-state index is 0.0203. The molecule has 0 spiro atoms. The van der Waals surface area contributed by atoms with E-state index in [1.165, 1.54) is 0 Å². The zero-order valence-corrected chi connectivity index (χ0v) is 11.1. The third kappa shape index (κ3) is 3.06. The Morgan fingerprint density at radius 1 is 1.73 bits per heavy atom. The predicted molar refractivity (Wildman–Crippen MR) is 63.3 cm³/mol. The molecule has 1 amide bonds. The molecule has 5 heteroatoms. The molecule has 0 aromatic carbocycles. The number of amides is 1. The molecule has 1 heterocycles. The molecule has 0 aliphatic heterocycles. The molecule has 1 aromatic heterocycles. The first-order chi connectivity index (χ1) is 6.91. The lowest BCUT2D eigenvalue weighted by molar-refractivity contribution is 0.0796. The van der Waals surface area contributed by atoms with Gasteiger partial charge in [-0.2, -0.15) is 5.10 Å². The summed E-state index contributed by atoms with van der Waals surface area (Å²) in [5.74, 6) is 0.0203. The average Bonchev–Trinajstić information content (AvgIpc) is 2.42. The van der Waals surface area contributed by atoms with Gasteiger partial charge in [-0.25, -0.2) is 0 Å². The third-order valence-corrected chi connectivity index (χ3v) is 2.41. The number of halogens is 1. The monoisotopic (exact) mass is 273 g/mol. The van der Waals surface area contributed by atoms with Crippen LogP contribution in [0.3, 0.4) is 0 Å². The van der Waals surface area contributed by atoms with E-state index in [4.69, 9.17) is 0 Å². The molecule has 84 valence electrons. The Hall–Kier alpha value is -0.840.